The first-order valence-corrected chi connectivity index (χ1v) is 9.68. The lowest BCUT2D eigenvalue weighted by Gasteiger charge is -2.29. The van der Waals surface area contributed by atoms with Crippen LogP contribution in [0.3, 0.4) is 0 Å². The summed E-state index contributed by atoms with van der Waals surface area (Å²) in [4.78, 5) is 27.1. The second-order valence-corrected chi connectivity index (χ2v) is 6.96. The normalized spacial score (nSPS) is 11.7. The highest BCUT2D eigenvalue weighted by atomic mass is 16.2. The number of carbonyl (C=O) groups is 2. The summed E-state index contributed by atoms with van der Waals surface area (Å²) < 4.78 is 0. The molecule has 0 unspecified atom stereocenters. The molecule has 0 saturated carbocycles. The van der Waals surface area contributed by atoms with Crippen molar-refractivity contribution < 1.29 is 9.59 Å². The summed E-state index contributed by atoms with van der Waals surface area (Å²) in [5.41, 5.74) is 3.37. The van der Waals surface area contributed by atoms with Gasteiger partial charge in [-0.25, -0.2) is 0 Å². The number of hydrogen-bond acceptors (Lipinski definition) is 2. The second kappa shape index (κ2) is 10.5. The molecule has 4 nitrogen and oxygen atoms in total. The maximum atomic E-state index is 13.0. The van der Waals surface area contributed by atoms with Crippen molar-refractivity contribution in [2.45, 2.75) is 52.6 Å². The van der Waals surface area contributed by atoms with Gasteiger partial charge in [-0.15, -0.1) is 0 Å². The Labute approximate surface area is 162 Å². The second-order valence-electron chi connectivity index (χ2n) is 6.96. The van der Waals surface area contributed by atoms with Crippen LogP contribution < -0.4 is 5.32 Å². The Balaban J connectivity index is 2.08. The highest BCUT2D eigenvalue weighted by Gasteiger charge is 2.25. The smallest absolute Gasteiger partial charge is 0.242 e. The molecular formula is C23H30N2O2. The Morgan fingerprint density at radius 2 is 1.67 bits per heavy atom. The van der Waals surface area contributed by atoms with Crippen LogP contribution in [0.1, 0.15) is 43.4 Å². The molecule has 0 aliphatic carbocycles. The molecule has 1 atom stereocenters. The summed E-state index contributed by atoms with van der Waals surface area (Å²) in [5.74, 6) is -0.102. The van der Waals surface area contributed by atoms with Gasteiger partial charge in [0, 0.05) is 19.5 Å². The fourth-order valence-corrected chi connectivity index (χ4v) is 2.91. The standard InChI is InChI=1S/C23H30N2O2/c1-4-16-24-23(27)19(3)25(17-21-8-6-5-7-9-21)22(26)15-14-20-12-10-18(2)11-13-20/h5-13,19H,4,14-17H2,1-3H3,(H,24,27)/t19-/m1/s1. The Kier molecular flexibility index (Phi) is 8.05. The summed E-state index contributed by atoms with van der Waals surface area (Å²) in [7, 11) is 0. The predicted molar refractivity (Wildman–Crippen MR) is 109 cm³/mol. The van der Waals surface area contributed by atoms with Crippen molar-refractivity contribution in [3.63, 3.8) is 0 Å². The van der Waals surface area contributed by atoms with E-state index in [0.29, 0.717) is 25.9 Å². The summed E-state index contributed by atoms with van der Waals surface area (Å²) in [6, 6.07) is 17.5. The molecule has 2 amide bonds. The van der Waals surface area contributed by atoms with Crippen molar-refractivity contribution in [3.8, 4) is 0 Å². The molecule has 2 rings (SSSR count). The molecule has 4 heteroatoms. The quantitative estimate of drug-likeness (QED) is 0.732. The molecule has 0 aromatic heterocycles. The molecule has 0 fully saturated rings. The third kappa shape index (κ3) is 6.55. The highest BCUT2D eigenvalue weighted by molar-refractivity contribution is 5.87. The average molecular weight is 367 g/mol. The molecule has 0 aliphatic heterocycles. The Bertz CT molecular complexity index is 726. The molecule has 0 aliphatic rings. The number of amides is 2. The van der Waals surface area contributed by atoms with Crippen LogP contribution >= 0.6 is 0 Å². The minimum atomic E-state index is -0.498. The van der Waals surface area contributed by atoms with Crippen LogP contribution in [0.25, 0.3) is 0 Å². The number of nitrogens with zero attached hydrogens (tertiary/aromatic N) is 1. The van der Waals surface area contributed by atoms with Gasteiger partial charge in [0.25, 0.3) is 0 Å². The topological polar surface area (TPSA) is 49.4 Å². The van der Waals surface area contributed by atoms with Gasteiger partial charge in [-0.05, 0) is 37.8 Å². The number of rotatable bonds is 9. The monoisotopic (exact) mass is 366 g/mol. The van der Waals surface area contributed by atoms with Gasteiger partial charge in [-0.3, -0.25) is 9.59 Å². The minimum Gasteiger partial charge on any atom is -0.354 e. The zero-order valence-corrected chi connectivity index (χ0v) is 16.6. The fourth-order valence-electron chi connectivity index (χ4n) is 2.91. The van der Waals surface area contributed by atoms with E-state index in [1.165, 1.54) is 5.56 Å². The number of benzene rings is 2. The largest absolute Gasteiger partial charge is 0.354 e. The van der Waals surface area contributed by atoms with Crippen LogP contribution in [0.15, 0.2) is 54.6 Å². The molecular weight excluding hydrogens is 336 g/mol. The van der Waals surface area contributed by atoms with E-state index in [9.17, 15) is 9.59 Å². The number of aryl methyl sites for hydroxylation is 2. The van der Waals surface area contributed by atoms with Gasteiger partial charge in [-0.2, -0.15) is 0 Å². The molecule has 27 heavy (non-hydrogen) atoms. The van der Waals surface area contributed by atoms with Crippen LogP contribution in [-0.4, -0.2) is 29.3 Å². The van der Waals surface area contributed by atoms with Gasteiger partial charge in [0.2, 0.25) is 11.8 Å². The minimum absolute atomic E-state index is 0.00132. The number of hydrogen-bond donors (Lipinski definition) is 1. The lowest BCUT2D eigenvalue weighted by molar-refractivity contribution is -0.140. The molecule has 1 N–H and O–H groups in total. The molecule has 2 aromatic rings. The third-order valence-corrected chi connectivity index (χ3v) is 4.66. The third-order valence-electron chi connectivity index (χ3n) is 4.66. The molecule has 0 radical (unpaired) electrons. The van der Waals surface area contributed by atoms with Crippen molar-refractivity contribution in [1.82, 2.24) is 10.2 Å². The van der Waals surface area contributed by atoms with Crippen molar-refractivity contribution in [1.29, 1.82) is 0 Å². The van der Waals surface area contributed by atoms with E-state index in [4.69, 9.17) is 0 Å². The lowest BCUT2D eigenvalue weighted by atomic mass is 10.1. The van der Waals surface area contributed by atoms with Crippen molar-refractivity contribution in [2.75, 3.05) is 6.54 Å². The number of carbonyl (C=O) groups excluding carboxylic acids is 2. The van der Waals surface area contributed by atoms with Gasteiger partial charge >= 0.3 is 0 Å². The van der Waals surface area contributed by atoms with Crippen LogP contribution in [0.5, 0.6) is 0 Å². The van der Waals surface area contributed by atoms with Crippen LogP contribution in [0, 0.1) is 6.92 Å². The van der Waals surface area contributed by atoms with Crippen LogP contribution in [0.4, 0.5) is 0 Å². The Morgan fingerprint density at radius 3 is 2.30 bits per heavy atom. The number of nitrogens with one attached hydrogen (secondary N) is 1. The highest BCUT2D eigenvalue weighted by Crippen LogP contribution is 2.13. The maximum Gasteiger partial charge on any atom is 0.242 e. The van der Waals surface area contributed by atoms with Crippen molar-refractivity contribution in [3.05, 3.63) is 71.3 Å². The SMILES string of the molecule is CCCNC(=O)[C@@H](C)N(Cc1ccccc1)C(=O)CCc1ccc(C)cc1. The van der Waals surface area contributed by atoms with Gasteiger partial charge in [0.05, 0.1) is 0 Å². The van der Waals surface area contributed by atoms with Gasteiger partial charge in [-0.1, -0.05) is 67.1 Å². The first-order valence-electron chi connectivity index (χ1n) is 9.68. The van der Waals surface area contributed by atoms with Crippen molar-refractivity contribution in [2.24, 2.45) is 0 Å². The summed E-state index contributed by atoms with van der Waals surface area (Å²) in [5, 5.41) is 2.90. The van der Waals surface area contributed by atoms with E-state index < -0.39 is 6.04 Å². The van der Waals surface area contributed by atoms with E-state index >= 15 is 0 Å². The maximum absolute atomic E-state index is 13.0. The molecule has 2 aromatic carbocycles. The zero-order chi connectivity index (χ0) is 19.6. The lowest BCUT2D eigenvalue weighted by Crippen LogP contribution is -2.47. The van der Waals surface area contributed by atoms with Crippen molar-refractivity contribution >= 4 is 11.8 Å². The van der Waals surface area contributed by atoms with Gasteiger partial charge < -0.3 is 10.2 Å². The summed E-state index contributed by atoms with van der Waals surface area (Å²) >= 11 is 0. The van der Waals surface area contributed by atoms with E-state index in [2.05, 4.69) is 29.6 Å². The molecule has 0 spiro atoms. The predicted octanol–water partition coefficient (Wildman–Crippen LogP) is 3.87. The first-order chi connectivity index (χ1) is 13.0. The van der Waals surface area contributed by atoms with E-state index in [0.717, 1.165) is 17.5 Å². The molecule has 144 valence electrons. The Morgan fingerprint density at radius 1 is 1.00 bits per heavy atom. The van der Waals surface area contributed by atoms with Crippen LogP contribution in [0.2, 0.25) is 0 Å². The van der Waals surface area contributed by atoms with Gasteiger partial charge in [0.1, 0.15) is 6.04 Å². The zero-order valence-electron chi connectivity index (χ0n) is 16.6. The van der Waals surface area contributed by atoms with E-state index in [-0.39, 0.29) is 11.8 Å². The summed E-state index contributed by atoms with van der Waals surface area (Å²) in [6.45, 7) is 6.93. The molecule has 0 heterocycles. The molecule has 0 saturated heterocycles. The molecule has 0 bridgehead atoms. The van der Waals surface area contributed by atoms with Gasteiger partial charge in [0.15, 0.2) is 0 Å². The first kappa shape index (κ1) is 20.7. The van der Waals surface area contributed by atoms with E-state index in [1.54, 1.807) is 11.8 Å². The van der Waals surface area contributed by atoms with Crippen LogP contribution in [-0.2, 0) is 22.6 Å². The fraction of sp³-hybridized carbons (Fsp3) is 0.391. The van der Waals surface area contributed by atoms with E-state index in [1.807, 2.05) is 44.2 Å². The average Bonchev–Trinajstić information content (AvgIpc) is 2.69. The Hall–Kier alpha value is -2.62. The summed E-state index contributed by atoms with van der Waals surface area (Å²) in [6.07, 6.45) is 1.94.